The maximum atomic E-state index is 5.99. The number of aromatic nitrogens is 7. The maximum absolute atomic E-state index is 5.99. The smallest absolute Gasteiger partial charge is 0.201 e. The Hall–Kier alpha value is -3.41. The van der Waals surface area contributed by atoms with Crippen molar-refractivity contribution in [2.45, 2.75) is 83.1 Å². The molecule has 212 valence electrons. The van der Waals surface area contributed by atoms with Gasteiger partial charge in [-0.25, -0.2) is 9.36 Å². The number of methoxy groups -OCH3 is 1. The van der Waals surface area contributed by atoms with Crippen LogP contribution in [0.1, 0.15) is 72.1 Å². The van der Waals surface area contributed by atoms with Crippen molar-refractivity contribution in [2.75, 3.05) is 20.5 Å². The van der Waals surface area contributed by atoms with Gasteiger partial charge in [0.25, 0.3) is 0 Å². The first-order valence-electron chi connectivity index (χ1n) is 14.0. The molecule has 0 bridgehead atoms. The number of nitrogens with one attached hydrogen (secondary N) is 1. The first-order valence-corrected chi connectivity index (χ1v) is 14.0. The van der Waals surface area contributed by atoms with Crippen LogP contribution in [0.2, 0.25) is 0 Å². The number of ether oxygens (including phenoxy) is 3. The molecule has 0 amide bonds. The summed E-state index contributed by atoms with van der Waals surface area (Å²) in [6.07, 6.45) is 8.96. The summed E-state index contributed by atoms with van der Waals surface area (Å²) in [5, 5.41) is 26.5. The first-order chi connectivity index (χ1) is 19.2. The minimum absolute atomic E-state index is 0.0107. The molecule has 0 aliphatic carbocycles. The molecule has 6 rings (SSSR count). The van der Waals surface area contributed by atoms with Gasteiger partial charge in [-0.15, -0.1) is 15.3 Å². The second kappa shape index (κ2) is 10.5. The highest BCUT2D eigenvalue weighted by molar-refractivity contribution is 5.79. The maximum Gasteiger partial charge on any atom is 0.201 e. The molecule has 2 fully saturated rings. The van der Waals surface area contributed by atoms with Crippen LogP contribution >= 0.6 is 0 Å². The van der Waals surface area contributed by atoms with Crippen molar-refractivity contribution in [3.63, 3.8) is 0 Å². The highest BCUT2D eigenvalue weighted by Crippen LogP contribution is 2.38. The van der Waals surface area contributed by atoms with E-state index < -0.39 is 0 Å². The van der Waals surface area contributed by atoms with Gasteiger partial charge < -0.3 is 19.5 Å². The molecule has 2 aliphatic heterocycles. The second-order valence-corrected chi connectivity index (χ2v) is 12.2. The van der Waals surface area contributed by atoms with Gasteiger partial charge in [-0.2, -0.15) is 5.10 Å². The molecule has 5 heterocycles. The van der Waals surface area contributed by atoms with E-state index in [2.05, 4.69) is 58.6 Å². The summed E-state index contributed by atoms with van der Waals surface area (Å²) in [4.78, 5) is 0. The second-order valence-electron chi connectivity index (χ2n) is 12.2. The lowest BCUT2D eigenvalue weighted by atomic mass is 9.80. The summed E-state index contributed by atoms with van der Waals surface area (Å²) in [6, 6.07) is 8.12. The number of piperidine rings is 1. The molecule has 11 nitrogen and oxygen atoms in total. The molecule has 4 aromatic rings. The third-order valence-corrected chi connectivity index (χ3v) is 7.71. The van der Waals surface area contributed by atoms with Crippen molar-refractivity contribution in [3.05, 3.63) is 36.7 Å². The normalized spacial score (nSPS) is 21.1. The summed E-state index contributed by atoms with van der Waals surface area (Å²) in [5.74, 6) is 0.643. The molecule has 11 heteroatoms. The number of fused-ring (bicyclic) bond motifs is 1. The lowest BCUT2D eigenvalue weighted by Gasteiger charge is -2.46. The predicted molar refractivity (Wildman–Crippen MR) is 151 cm³/mol. The molecule has 1 N–H and O–H groups in total. The van der Waals surface area contributed by atoms with Gasteiger partial charge in [0.15, 0.2) is 6.79 Å². The average Bonchev–Trinajstić information content (AvgIpc) is 3.58. The van der Waals surface area contributed by atoms with Crippen LogP contribution in [-0.4, -0.2) is 66.6 Å². The molecule has 1 atom stereocenters. The molecule has 40 heavy (non-hydrogen) atoms. The van der Waals surface area contributed by atoms with Crippen LogP contribution in [0.25, 0.3) is 33.5 Å². The highest BCUT2D eigenvalue weighted by atomic mass is 16.7. The number of rotatable bonds is 7. The fourth-order valence-electron chi connectivity index (χ4n) is 6.30. The fraction of sp³-hybridized carbons (Fsp3) is 0.552. The molecule has 0 spiro atoms. The number of benzene rings is 1. The third kappa shape index (κ3) is 5.45. The Morgan fingerprint density at radius 1 is 1.02 bits per heavy atom. The Morgan fingerprint density at radius 3 is 2.60 bits per heavy atom. The molecule has 3 aromatic heterocycles. The Balaban J connectivity index is 1.30. The lowest BCUT2D eigenvalue weighted by molar-refractivity contribution is -0.0394. The van der Waals surface area contributed by atoms with E-state index in [9.17, 15) is 0 Å². The van der Waals surface area contributed by atoms with Crippen molar-refractivity contribution in [2.24, 2.45) is 0 Å². The predicted octanol–water partition coefficient (Wildman–Crippen LogP) is 4.92. The molecular formula is C29H38N8O3. The van der Waals surface area contributed by atoms with Crippen LogP contribution in [0.5, 0.6) is 5.75 Å². The zero-order chi connectivity index (χ0) is 27.9. The van der Waals surface area contributed by atoms with E-state index in [-0.39, 0.29) is 30.1 Å². The van der Waals surface area contributed by atoms with E-state index in [4.69, 9.17) is 14.2 Å². The van der Waals surface area contributed by atoms with Crippen LogP contribution in [0.15, 0.2) is 36.7 Å². The monoisotopic (exact) mass is 546 g/mol. The van der Waals surface area contributed by atoms with Gasteiger partial charge >= 0.3 is 0 Å². The van der Waals surface area contributed by atoms with E-state index in [1.54, 1.807) is 7.11 Å². The Bertz CT molecular complexity index is 1470. The standard InChI is InChI=1S/C29H38N8O3/c1-28(2)14-21(15-29(3,4)34-28)37-27-24(32-35-37)13-23(31-33-27)22-10-9-19(12-25(22)40-18-38-5)20-16-30-36(17-20)26-8-6-7-11-39-26/h9-10,12-13,16-17,21,26,34H,6-8,11,14-15,18H2,1-5H3. The third-order valence-electron chi connectivity index (χ3n) is 7.71. The Morgan fingerprint density at radius 2 is 1.85 bits per heavy atom. The highest BCUT2D eigenvalue weighted by Gasteiger charge is 2.39. The van der Waals surface area contributed by atoms with Gasteiger partial charge in [0, 0.05) is 42.1 Å². The summed E-state index contributed by atoms with van der Waals surface area (Å²) >= 11 is 0. The zero-order valence-corrected chi connectivity index (χ0v) is 23.9. The summed E-state index contributed by atoms with van der Waals surface area (Å²) < 4.78 is 21.0. The van der Waals surface area contributed by atoms with E-state index in [1.807, 2.05) is 46.0 Å². The van der Waals surface area contributed by atoms with Crippen molar-refractivity contribution in [1.82, 2.24) is 40.3 Å². The van der Waals surface area contributed by atoms with E-state index >= 15 is 0 Å². The van der Waals surface area contributed by atoms with E-state index in [0.29, 0.717) is 22.6 Å². The average molecular weight is 547 g/mol. The van der Waals surface area contributed by atoms with Gasteiger partial charge in [-0.05, 0) is 83.6 Å². The van der Waals surface area contributed by atoms with Crippen LogP contribution < -0.4 is 10.1 Å². The van der Waals surface area contributed by atoms with Crippen molar-refractivity contribution in [3.8, 4) is 28.1 Å². The lowest BCUT2D eigenvalue weighted by Crippen LogP contribution is -2.58. The zero-order valence-electron chi connectivity index (χ0n) is 23.9. The minimum atomic E-state index is -0.0205. The van der Waals surface area contributed by atoms with Crippen molar-refractivity contribution >= 4 is 11.2 Å². The van der Waals surface area contributed by atoms with Gasteiger partial charge in [0.2, 0.25) is 5.65 Å². The Labute approximate surface area is 234 Å². The number of hydrogen-bond acceptors (Lipinski definition) is 9. The van der Waals surface area contributed by atoms with Gasteiger partial charge in [-0.1, -0.05) is 11.3 Å². The first kappa shape index (κ1) is 26.8. The largest absolute Gasteiger partial charge is 0.467 e. The van der Waals surface area contributed by atoms with Gasteiger partial charge in [0.1, 0.15) is 17.5 Å². The Kier molecular flexibility index (Phi) is 7.05. The van der Waals surface area contributed by atoms with Crippen molar-refractivity contribution in [1.29, 1.82) is 0 Å². The van der Waals surface area contributed by atoms with Crippen LogP contribution in [0.3, 0.4) is 0 Å². The molecular weight excluding hydrogens is 508 g/mol. The van der Waals surface area contributed by atoms with Crippen molar-refractivity contribution < 1.29 is 14.2 Å². The van der Waals surface area contributed by atoms with Crippen LogP contribution in [0.4, 0.5) is 0 Å². The van der Waals surface area contributed by atoms with E-state index in [0.717, 1.165) is 55.4 Å². The fourth-order valence-corrected chi connectivity index (χ4v) is 6.30. The minimum Gasteiger partial charge on any atom is -0.467 e. The quantitative estimate of drug-likeness (QED) is 0.323. The van der Waals surface area contributed by atoms with E-state index in [1.165, 1.54) is 0 Å². The topological polar surface area (TPSA) is 114 Å². The molecule has 1 unspecified atom stereocenters. The molecule has 0 radical (unpaired) electrons. The van der Waals surface area contributed by atoms with Crippen LogP contribution in [0, 0.1) is 0 Å². The number of nitrogens with zero attached hydrogens (tertiary/aromatic N) is 7. The summed E-state index contributed by atoms with van der Waals surface area (Å²) in [7, 11) is 1.60. The summed E-state index contributed by atoms with van der Waals surface area (Å²) in [6.45, 7) is 9.79. The summed E-state index contributed by atoms with van der Waals surface area (Å²) in [5.41, 5.74) is 4.78. The van der Waals surface area contributed by atoms with Crippen LogP contribution in [-0.2, 0) is 9.47 Å². The molecule has 2 saturated heterocycles. The molecule has 1 aromatic carbocycles. The SMILES string of the molecule is COCOc1cc(-c2cnn(C3CCCCO3)c2)ccc1-c1cc2nnn(C3CC(C)(C)NC(C)(C)C3)c2nn1. The molecule has 2 aliphatic rings. The van der Waals surface area contributed by atoms with Gasteiger partial charge in [-0.3, -0.25) is 0 Å². The van der Waals surface area contributed by atoms with Gasteiger partial charge in [0.05, 0.1) is 17.9 Å². The number of hydrogen-bond donors (Lipinski definition) is 1. The molecule has 0 saturated carbocycles.